The van der Waals surface area contributed by atoms with Crippen LogP contribution in [-0.4, -0.2) is 18.2 Å². The van der Waals surface area contributed by atoms with E-state index in [-0.39, 0.29) is 6.42 Å². The van der Waals surface area contributed by atoms with Gasteiger partial charge in [0.1, 0.15) is 0 Å². The standard InChI is InChI=1S/C15H16O3/c1-10-7-8-13(14(16)9-15(17)18-2)12-6-4-3-5-11(10)12/h3-8,14,16H,9H2,1-2H3. The molecule has 0 aliphatic carbocycles. The lowest BCUT2D eigenvalue weighted by atomic mass is 9.96. The topological polar surface area (TPSA) is 46.5 Å². The number of benzene rings is 2. The van der Waals surface area contributed by atoms with Gasteiger partial charge in [-0.05, 0) is 28.8 Å². The number of esters is 1. The number of ether oxygens (including phenoxy) is 1. The minimum absolute atomic E-state index is 0.0243. The van der Waals surface area contributed by atoms with Crippen molar-refractivity contribution in [3.63, 3.8) is 0 Å². The maximum Gasteiger partial charge on any atom is 0.308 e. The Kier molecular flexibility index (Phi) is 3.63. The minimum atomic E-state index is -0.831. The zero-order valence-corrected chi connectivity index (χ0v) is 10.5. The second kappa shape index (κ2) is 5.19. The molecule has 0 saturated carbocycles. The molecule has 2 rings (SSSR count). The SMILES string of the molecule is COC(=O)CC(O)c1ccc(C)c2ccccc12. The van der Waals surface area contributed by atoms with Crippen LogP contribution in [0.25, 0.3) is 10.8 Å². The summed E-state index contributed by atoms with van der Waals surface area (Å²) in [7, 11) is 1.32. The van der Waals surface area contributed by atoms with Crippen molar-refractivity contribution in [3.8, 4) is 0 Å². The first-order chi connectivity index (χ1) is 8.63. The van der Waals surface area contributed by atoms with Crippen molar-refractivity contribution in [1.82, 2.24) is 0 Å². The Balaban J connectivity index is 2.45. The van der Waals surface area contributed by atoms with Crippen LogP contribution in [0.3, 0.4) is 0 Å². The summed E-state index contributed by atoms with van der Waals surface area (Å²) in [5, 5.41) is 12.2. The van der Waals surface area contributed by atoms with Gasteiger partial charge in [0.2, 0.25) is 0 Å². The minimum Gasteiger partial charge on any atom is -0.469 e. The predicted molar refractivity (Wildman–Crippen MR) is 70.3 cm³/mol. The molecule has 0 fully saturated rings. The molecule has 0 saturated heterocycles. The molecule has 0 spiro atoms. The quantitative estimate of drug-likeness (QED) is 0.844. The third kappa shape index (κ3) is 2.36. The van der Waals surface area contributed by atoms with Crippen LogP contribution in [0.2, 0.25) is 0 Å². The molecule has 3 heteroatoms. The van der Waals surface area contributed by atoms with E-state index in [4.69, 9.17) is 0 Å². The highest BCUT2D eigenvalue weighted by molar-refractivity contribution is 5.89. The van der Waals surface area contributed by atoms with E-state index in [0.29, 0.717) is 0 Å². The molecule has 18 heavy (non-hydrogen) atoms. The average Bonchev–Trinajstić information content (AvgIpc) is 2.39. The average molecular weight is 244 g/mol. The number of aliphatic hydroxyl groups excluding tert-OH is 1. The van der Waals surface area contributed by atoms with E-state index in [2.05, 4.69) is 4.74 Å². The number of hydrogen-bond acceptors (Lipinski definition) is 3. The monoisotopic (exact) mass is 244 g/mol. The Morgan fingerprint density at radius 2 is 1.89 bits per heavy atom. The second-order valence-electron chi connectivity index (χ2n) is 4.31. The van der Waals surface area contributed by atoms with Crippen LogP contribution in [0.1, 0.15) is 23.7 Å². The van der Waals surface area contributed by atoms with Gasteiger partial charge in [-0.25, -0.2) is 0 Å². The molecule has 0 bridgehead atoms. The Labute approximate surface area is 106 Å². The molecule has 2 aromatic carbocycles. The summed E-state index contributed by atoms with van der Waals surface area (Å²) in [5.74, 6) is -0.410. The van der Waals surface area contributed by atoms with Gasteiger partial charge in [-0.3, -0.25) is 4.79 Å². The Morgan fingerprint density at radius 1 is 1.22 bits per heavy atom. The van der Waals surface area contributed by atoms with E-state index in [1.54, 1.807) is 0 Å². The van der Waals surface area contributed by atoms with Crippen molar-refractivity contribution >= 4 is 16.7 Å². The number of aryl methyl sites for hydroxylation is 1. The van der Waals surface area contributed by atoms with Crippen molar-refractivity contribution in [2.24, 2.45) is 0 Å². The zero-order chi connectivity index (χ0) is 13.1. The Morgan fingerprint density at radius 3 is 2.56 bits per heavy atom. The molecule has 0 aromatic heterocycles. The number of carbonyl (C=O) groups excluding carboxylic acids is 1. The molecular formula is C15H16O3. The van der Waals surface area contributed by atoms with Gasteiger partial charge < -0.3 is 9.84 Å². The third-order valence-electron chi connectivity index (χ3n) is 3.12. The smallest absolute Gasteiger partial charge is 0.308 e. The lowest BCUT2D eigenvalue weighted by Crippen LogP contribution is -2.08. The van der Waals surface area contributed by atoms with Gasteiger partial charge in [-0.15, -0.1) is 0 Å². The molecule has 1 N–H and O–H groups in total. The van der Waals surface area contributed by atoms with Gasteiger partial charge in [0.05, 0.1) is 19.6 Å². The zero-order valence-electron chi connectivity index (χ0n) is 10.5. The van der Waals surface area contributed by atoms with Gasteiger partial charge >= 0.3 is 5.97 Å². The van der Waals surface area contributed by atoms with Crippen molar-refractivity contribution < 1.29 is 14.6 Å². The summed E-state index contributed by atoms with van der Waals surface area (Å²) in [6.07, 6.45) is -0.855. The highest BCUT2D eigenvalue weighted by Gasteiger charge is 2.16. The number of carbonyl (C=O) groups is 1. The first-order valence-electron chi connectivity index (χ1n) is 5.86. The predicted octanol–water partition coefficient (Wildman–Crippen LogP) is 2.74. The first-order valence-corrected chi connectivity index (χ1v) is 5.86. The molecule has 1 unspecified atom stereocenters. The van der Waals surface area contributed by atoms with Crippen LogP contribution in [0.5, 0.6) is 0 Å². The van der Waals surface area contributed by atoms with E-state index < -0.39 is 12.1 Å². The second-order valence-corrected chi connectivity index (χ2v) is 4.31. The van der Waals surface area contributed by atoms with Crippen LogP contribution in [0.15, 0.2) is 36.4 Å². The van der Waals surface area contributed by atoms with Crippen molar-refractivity contribution in [2.75, 3.05) is 7.11 Å². The van der Waals surface area contributed by atoms with E-state index in [0.717, 1.165) is 21.9 Å². The van der Waals surface area contributed by atoms with Crippen LogP contribution in [-0.2, 0) is 9.53 Å². The fourth-order valence-electron chi connectivity index (χ4n) is 2.11. The van der Waals surface area contributed by atoms with Gasteiger partial charge in [0.25, 0.3) is 0 Å². The van der Waals surface area contributed by atoms with Crippen LogP contribution >= 0.6 is 0 Å². The number of rotatable bonds is 3. The van der Waals surface area contributed by atoms with Crippen molar-refractivity contribution in [3.05, 3.63) is 47.5 Å². The number of hydrogen-bond donors (Lipinski definition) is 1. The van der Waals surface area contributed by atoms with Gasteiger partial charge in [-0.1, -0.05) is 36.4 Å². The first kappa shape index (κ1) is 12.6. The Bertz CT molecular complexity index is 575. The lowest BCUT2D eigenvalue weighted by molar-refractivity contribution is -0.142. The molecule has 3 nitrogen and oxygen atoms in total. The highest BCUT2D eigenvalue weighted by Crippen LogP contribution is 2.28. The van der Waals surface area contributed by atoms with E-state index in [9.17, 15) is 9.90 Å². The molecular weight excluding hydrogens is 228 g/mol. The van der Waals surface area contributed by atoms with Crippen molar-refractivity contribution in [1.29, 1.82) is 0 Å². The summed E-state index contributed by atoms with van der Waals surface area (Å²) >= 11 is 0. The third-order valence-corrected chi connectivity index (χ3v) is 3.12. The summed E-state index contributed by atoms with van der Waals surface area (Å²) in [5.41, 5.74) is 1.92. The van der Waals surface area contributed by atoms with Crippen molar-refractivity contribution in [2.45, 2.75) is 19.4 Å². The van der Waals surface area contributed by atoms with Crippen LogP contribution in [0, 0.1) is 6.92 Å². The molecule has 0 aliphatic heterocycles. The van der Waals surface area contributed by atoms with Gasteiger partial charge in [-0.2, -0.15) is 0 Å². The van der Waals surface area contributed by atoms with E-state index >= 15 is 0 Å². The fraction of sp³-hybridized carbons (Fsp3) is 0.267. The summed E-state index contributed by atoms with van der Waals surface area (Å²) in [4.78, 5) is 11.2. The molecule has 1 atom stereocenters. The molecule has 2 aromatic rings. The summed E-state index contributed by atoms with van der Waals surface area (Å²) < 4.78 is 4.58. The van der Waals surface area contributed by atoms with E-state index in [1.165, 1.54) is 7.11 Å². The maximum absolute atomic E-state index is 11.2. The summed E-state index contributed by atoms with van der Waals surface area (Å²) in [6, 6.07) is 11.7. The van der Waals surface area contributed by atoms with Crippen LogP contribution < -0.4 is 0 Å². The molecule has 0 aliphatic rings. The molecule has 0 radical (unpaired) electrons. The molecule has 0 heterocycles. The van der Waals surface area contributed by atoms with Crippen LogP contribution in [0.4, 0.5) is 0 Å². The normalized spacial score (nSPS) is 12.4. The lowest BCUT2D eigenvalue weighted by Gasteiger charge is -2.14. The van der Waals surface area contributed by atoms with Gasteiger partial charge in [0.15, 0.2) is 0 Å². The number of methoxy groups -OCH3 is 1. The maximum atomic E-state index is 11.2. The van der Waals surface area contributed by atoms with Gasteiger partial charge in [0, 0.05) is 0 Å². The summed E-state index contributed by atoms with van der Waals surface area (Å²) in [6.45, 7) is 2.03. The largest absolute Gasteiger partial charge is 0.469 e. The number of fused-ring (bicyclic) bond motifs is 1. The highest BCUT2D eigenvalue weighted by atomic mass is 16.5. The Hall–Kier alpha value is -1.87. The number of aliphatic hydroxyl groups is 1. The fourth-order valence-corrected chi connectivity index (χ4v) is 2.11. The molecule has 0 amide bonds. The molecule has 94 valence electrons. The van der Waals surface area contributed by atoms with E-state index in [1.807, 2.05) is 43.3 Å².